The summed E-state index contributed by atoms with van der Waals surface area (Å²) in [5, 5.41) is 5.98. The average molecular weight is 363 g/mol. The van der Waals surface area contributed by atoms with E-state index < -0.39 is 0 Å². The number of benzene rings is 1. The molecule has 0 bridgehead atoms. The van der Waals surface area contributed by atoms with Crippen LogP contribution in [0.25, 0.3) is 0 Å². The van der Waals surface area contributed by atoms with Crippen molar-refractivity contribution in [3.63, 3.8) is 0 Å². The Labute approximate surface area is 138 Å². The number of nitrogens with zero attached hydrogens (tertiary/aromatic N) is 2. The molecule has 0 saturated heterocycles. The van der Waals surface area contributed by atoms with Gasteiger partial charge in [0.05, 0.1) is 18.1 Å². The number of amides is 1. The average Bonchev–Trinajstić information content (AvgIpc) is 2.48. The van der Waals surface area contributed by atoms with Crippen LogP contribution in [0.4, 0.5) is 11.5 Å². The molecule has 5 nitrogen and oxygen atoms in total. The second kappa shape index (κ2) is 7.35. The van der Waals surface area contributed by atoms with Gasteiger partial charge in [-0.1, -0.05) is 19.9 Å². The Morgan fingerprint density at radius 2 is 2.05 bits per heavy atom. The number of rotatable bonds is 5. The highest BCUT2D eigenvalue weighted by Gasteiger charge is 2.09. The molecule has 0 unspecified atom stereocenters. The van der Waals surface area contributed by atoms with E-state index in [0.29, 0.717) is 24.0 Å². The van der Waals surface area contributed by atoms with Gasteiger partial charge in [-0.05, 0) is 46.5 Å². The minimum Gasteiger partial charge on any atom is -0.350 e. The number of aryl methyl sites for hydroxylation is 1. The Morgan fingerprint density at radius 1 is 1.27 bits per heavy atom. The standard InChI is InChI=1S/C16H19BrN4O/c1-10(2)7-20-16(22)14-8-19-15(9-18-14)21-13-5-4-11(3)6-12(13)17/h4-6,8-10H,7H2,1-3H3,(H,19,21)(H,20,22). The lowest BCUT2D eigenvalue weighted by molar-refractivity contribution is 0.0943. The van der Waals surface area contributed by atoms with E-state index in [9.17, 15) is 4.79 Å². The van der Waals surface area contributed by atoms with E-state index in [-0.39, 0.29) is 5.91 Å². The zero-order valence-corrected chi connectivity index (χ0v) is 14.4. The van der Waals surface area contributed by atoms with Crippen LogP contribution in [0.3, 0.4) is 0 Å². The largest absolute Gasteiger partial charge is 0.350 e. The maximum atomic E-state index is 11.9. The lowest BCUT2D eigenvalue weighted by Crippen LogP contribution is -2.28. The minimum absolute atomic E-state index is 0.204. The van der Waals surface area contributed by atoms with Gasteiger partial charge < -0.3 is 10.6 Å². The molecule has 1 heterocycles. The van der Waals surface area contributed by atoms with Crippen molar-refractivity contribution < 1.29 is 4.79 Å². The van der Waals surface area contributed by atoms with Crippen molar-refractivity contribution in [1.29, 1.82) is 0 Å². The Kier molecular flexibility index (Phi) is 5.49. The smallest absolute Gasteiger partial charge is 0.271 e. The van der Waals surface area contributed by atoms with Crippen LogP contribution in [-0.2, 0) is 0 Å². The number of halogens is 1. The summed E-state index contributed by atoms with van der Waals surface area (Å²) in [6.45, 7) is 6.73. The molecule has 0 radical (unpaired) electrons. The fourth-order valence-corrected chi connectivity index (χ4v) is 2.35. The van der Waals surface area contributed by atoms with Crippen LogP contribution < -0.4 is 10.6 Å². The molecule has 22 heavy (non-hydrogen) atoms. The Hall–Kier alpha value is -1.95. The van der Waals surface area contributed by atoms with Crippen molar-refractivity contribution in [2.45, 2.75) is 20.8 Å². The van der Waals surface area contributed by atoms with E-state index in [4.69, 9.17) is 0 Å². The molecule has 2 aromatic rings. The molecule has 1 aromatic carbocycles. The van der Waals surface area contributed by atoms with Crippen molar-refractivity contribution in [3.05, 3.63) is 46.3 Å². The maximum absolute atomic E-state index is 11.9. The summed E-state index contributed by atoms with van der Waals surface area (Å²) in [7, 11) is 0. The highest BCUT2D eigenvalue weighted by molar-refractivity contribution is 9.10. The SMILES string of the molecule is Cc1ccc(Nc2cnc(C(=O)NCC(C)C)cn2)c(Br)c1. The van der Waals surface area contributed by atoms with Crippen molar-refractivity contribution in [2.75, 3.05) is 11.9 Å². The third kappa shape index (κ3) is 4.53. The van der Waals surface area contributed by atoms with Gasteiger partial charge in [-0.25, -0.2) is 9.97 Å². The number of hydrogen-bond donors (Lipinski definition) is 2. The molecule has 6 heteroatoms. The van der Waals surface area contributed by atoms with Gasteiger partial charge in [-0.2, -0.15) is 0 Å². The number of carbonyl (C=O) groups is 1. The predicted octanol–water partition coefficient (Wildman–Crippen LogP) is 3.68. The monoisotopic (exact) mass is 362 g/mol. The van der Waals surface area contributed by atoms with Crippen molar-refractivity contribution in [1.82, 2.24) is 15.3 Å². The van der Waals surface area contributed by atoms with Gasteiger partial charge >= 0.3 is 0 Å². The number of hydrogen-bond acceptors (Lipinski definition) is 4. The van der Waals surface area contributed by atoms with E-state index in [1.54, 1.807) is 6.20 Å². The number of nitrogens with one attached hydrogen (secondary N) is 2. The first kappa shape index (κ1) is 16.4. The van der Waals surface area contributed by atoms with Crippen molar-refractivity contribution in [3.8, 4) is 0 Å². The van der Waals surface area contributed by atoms with E-state index in [2.05, 4.69) is 36.5 Å². The fourth-order valence-electron chi connectivity index (χ4n) is 1.76. The van der Waals surface area contributed by atoms with E-state index in [1.165, 1.54) is 11.8 Å². The molecule has 1 aromatic heterocycles. The van der Waals surface area contributed by atoms with Crippen LogP contribution in [0.5, 0.6) is 0 Å². The molecule has 116 valence electrons. The summed E-state index contributed by atoms with van der Waals surface area (Å²) in [4.78, 5) is 20.2. The summed E-state index contributed by atoms with van der Waals surface area (Å²) >= 11 is 3.50. The Balaban J connectivity index is 2.04. The normalized spacial score (nSPS) is 10.6. The second-order valence-electron chi connectivity index (χ2n) is 5.50. The van der Waals surface area contributed by atoms with Gasteiger partial charge in [0.15, 0.2) is 0 Å². The summed E-state index contributed by atoms with van der Waals surface area (Å²) in [6, 6.07) is 5.99. The quantitative estimate of drug-likeness (QED) is 0.851. The van der Waals surface area contributed by atoms with Crippen LogP contribution in [-0.4, -0.2) is 22.4 Å². The van der Waals surface area contributed by atoms with Gasteiger partial charge in [-0.15, -0.1) is 0 Å². The molecular formula is C16H19BrN4O. The molecule has 0 aliphatic heterocycles. The number of aromatic nitrogens is 2. The third-order valence-corrected chi connectivity index (χ3v) is 3.60. The lowest BCUT2D eigenvalue weighted by atomic mass is 10.2. The summed E-state index contributed by atoms with van der Waals surface area (Å²) in [5.41, 5.74) is 2.38. The Morgan fingerprint density at radius 3 is 2.64 bits per heavy atom. The molecule has 0 spiro atoms. The van der Waals surface area contributed by atoms with E-state index >= 15 is 0 Å². The molecule has 1 amide bonds. The fraction of sp³-hybridized carbons (Fsp3) is 0.312. The molecule has 0 aliphatic rings. The van der Waals surface area contributed by atoms with Crippen molar-refractivity contribution in [2.24, 2.45) is 5.92 Å². The summed E-state index contributed by atoms with van der Waals surface area (Å²) in [5.74, 6) is 0.783. The van der Waals surface area contributed by atoms with Crippen LogP contribution in [0.1, 0.15) is 29.9 Å². The van der Waals surface area contributed by atoms with Gasteiger partial charge in [0.1, 0.15) is 11.5 Å². The first-order valence-electron chi connectivity index (χ1n) is 7.09. The first-order valence-corrected chi connectivity index (χ1v) is 7.88. The topological polar surface area (TPSA) is 66.9 Å². The molecule has 0 aliphatic carbocycles. The number of carbonyl (C=O) groups excluding carboxylic acids is 1. The molecular weight excluding hydrogens is 344 g/mol. The van der Waals surface area contributed by atoms with E-state index in [0.717, 1.165) is 10.2 Å². The zero-order chi connectivity index (χ0) is 16.1. The minimum atomic E-state index is -0.204. The molecule has 0 fully saturated rings. The molecule has 0 atom stereocenters. The van der Waals surface area contributed by atoms with Gasteiger partial charge in [0.25, 0.3) is 5.91 Å². The molecule has 0 saturated carbocycles. The van der Waals surface area contributed by atoms with Crippen LogP contribution in [0.15, 0.2) is 35.1 Å². The second-order valence-corrected chi connectivity index (χ2v) is 6.35. The highest BCUT2D eigenvalue weighted by atomic mass is 79.9. The Bertz CT molecular complexity index is 656. The van der Waals surface area contributed by atoms with Gasteiger partial charge in [0, 0.05) is 11.0 Å². The predicted molar refractivity (Wildman–Crippen MR) is 91.4 cm³/mol. The zero-order valence-electron chi connectivity index (χ0n) is 12.9. The van der Waals surface area contributed by atoms with Crippen LogP contribution in [0.2, 0.25) is 0 Å². The highest BCUT2D eigenvalue weighted by Crippen LogP contribution is 2.25. The lowest BCUT2D eigenvalue weighted by Gasteiger charge is -2.09. The first-order chi connectivity index (χ1) is 10.5. The third-order valence-electron chi connectivity index (χ3n) is 2.94. The van der Waals surface area contributed by atoms with Crippen LogP contribution >= 0.6 is 15.9 Å². The van der Waals surface area contributed by atoms with Crippen molar-refractivity contribution >= 4 is 33.3 Å². The summed E-state index contributed by atoms with van der Waals surface area (Å²) in [6.07, 6.45) is 3.02. The summed E-state index contributed by atoms with van der Waals surface area (Å²) < 4.78 is 0.952. The maximum Gasteiger partial charge on any atom is 0.271 e. The van der Waals surface area contributed by atoms with E-state index in [1.807, 2.05) is 39.0 Å². The van der Waals surface area contributed by atoms with Crippen LogP contribution in [0, 0.1) is 12.8 Å². The van der Waals surface area contributed by atoms with Gasteiger partial charge in [0.2, 0.25) is 0 Å². The molecule has 2 rings (SSSR count). The number of anilines is 2. The molecule has 2 N–H and O–H groups in total. The van der Waals surface area contributed by atoms with Gasteiger partial charge in [-0.3, -0.25) is 4.79 Å².